The number of carbonyl (C=O) groups excluding carboxylic acids is 2. The molecule has 3 aromatic carbocycles. The van der Waals surface area contributed by atoms with Gasteiger partial charge >= 0.3 is 6.18 Å². The van der Waals surface area contributed by atoms with Crippen molar-refractivity contribution < 1.29 is 32.6 Å². The predicted octanol–water partition coefficient (Wildman–Crippen LogP) is 5.90. The number of methoxy groups -OCH3 is 1. The monoisotopic (exact) mass is 481 g/mol. The molecule has 0 aliphatic carbocycles. The van der Waals surface area contributed by atoms with E-state index >= 15 is 0 Å². The van der Waals surface area contributed by atoms with Crippen LogP contribution in [-0.4, -0.2) is 23.9 Å². The Morgan fingerprint density at radius 1 is 1.00 bits per heavy atom. The molecule has 0 spiro atoms. The number of anilines is 1. The number of hydrogen-bond donors (Lipinski definition) is 1. The number of halogens is 3. The summed E-state index contributed by atoms with van der Waals surface area (Å²) < 4.78 is 44.5. The molecule has 0 aromatic heterocycles. The van der Waals surface area contributed by atoms with Gasteiger partial charge in [-0.3, -0.25) is 14.5 Å². The number of benzene rings is 3. The summed E-state index contributed by atoms with van der Waals surface area (Å²) in [6.07, 6.45) is -3.77. The topological polar surface area (TPSA) is 66.8 Å². The Kier molecular flexibility index (Phi) is 6.39. The smallest absolute Gasteiger partial charge is 0.416 e. The molecule has 1 saturated heterocycles. The third-order valence-corrected chi connectivity index (χ3v) is 5.96. The second-order valence-electron chi connectivity index (χ2n) is 8.04. The minimum atomic E-state index is -4.55. The zero-order chi connectivity index (χ0) is 25.3. The largest absolute Gasteiger partial charge is 0.507 e. The van der Waals surface area contributed by atoms with Gasteiger partial charge in [0.25, 0.3) is 11.7 Å². The average molecular weight is 481 g/mol. The van der Waals surface area contributed by atoms with Crippen molar-refractivity contribution in [3.8, 4) is 5.75 Å². The summed E-state index contributed by atoms with van der Waals surface area (Å²) in [6.45, 7) is 1.98. The van der Waals surface area contributed by atoms with E-state index in [1.54, 1.807) is 36.4 Å². The second-order valence-corrected chi connectivity index (χ2v) is 8.04. The molecule has 1 heterocycles. The van der Waals surface area contributed by atoms with Crippen LogP contribution < -0.4 is 9.64 Å². The number of ketones is 1. The van der Waals surface area contributed by atoms with E-state index in [1.165, 1.54) is 7.11 Å². The van der Waals surface area contributed by atoms with E-state index in [0.29, 0.717) is 16.9 Å². The number of aryl methyl sites for hydroxylation is 1. The maximum atomic E-state index is 13.2. The SMILES string of the molecule is CCc1ccc(/C(O)=C2\C(=O)C(=O)N(c3ccc(C(F)(F)F)cc3)C2c2cccc(OC)c2)cc1. The molecule has 1 fully saturated rings. The first-order valence-corrected chi connectivity index (χ1v) is 10.9. The first kappa shape index (κ1) is 24.1. The number of aliphatic hydroxyl groups excluding tert-OH is 1. The van der Waals surface area contributed by atoms with Crippen LogP contribution in [0.2, 0.25) is 0 Å². The van der Waals surface area contributed by atoms with Gasteiger partial charge in [0.2, 0.25) is 0 Å². The van der Waals surface area contributed by atoms with E-state index in [2.05, 4.69) is 0 Å². The van der Waals surface area contributed by atoms with Crippen molar-refractivity contribution in [1.82, 2.24) is 0 Å². The maximum absolute atomic E-state index is 13.2. The Labute approximate surface area is 200 Å². The standard InChI is InChI=1S/C27H22F3NO4/c1-3-16-7-9-17(10-8-16)24(32)22-23(18-5-4-6-21(15-18)35-2)31(26(34)25(22)33)20-13-11-19(12-14-20)27(28,29)30/h4-15,23,32H,3H2,1-2H3/b24-22+. The van der Waals surface area contributed by atoms with Crippen molar-refractivity contribution in [3.05, 3.63) is 101 Å². The second kappa shape index (κ2) is 9.29. The van der Waals surface area contributed by atoms with Gasteiger partial charge in [0.05, 0.1) is 24.3 Å². The van der Waals surface area contributed by atoms with E-state index in [1.807, 2.05) is 19.1 Å². The van der Waals surface area contributed by atoms with E-state index < -0.39 is 29.5 Å². The van der Waals surface area contributed by atoms with E-state index in [9.17, 15) is 27.9 Å². The van der Waals surface area contributed by atoms with Crippen LogP contribution in [0.1, 0.15) is 35.2 Å². The zero-order valence-corrected chi connectivity index (χ0v) is 19.0. The Morgan fingerprint density at radius 2 is 1.66 bits per heavy atom. The normalized spacial score (nSPS) is 17.6. The maximum Gasteiger partial charge on any atom is 0.416 e. The van der Waals surface area contributed by atoms with Crippen molar-refractivity contribution >= 4 is 23.1 Å². The molecule has 3 aromatic rings. The highest BCUT2D eigenvalue weighted by atomic mass is 19.4. The summed E-state index contributed by atoms with van der Waals surface area (Å²) in [5.41, 5.74) is 0.874. The highest BCUT2D eigenvalue weighted by Crippen LogP contribution is 2.43. The van der Waals surface area contributed by atoms with Crippen molar-refractivity contribution in [2.24, 2.45) is 0 Å². The first-order valence-electron chi connectivity index (χ1n) is 10.9. The predicted molar refractivity (Wildman–Crippen MR) is 125 cm³/mol. The van der Waals surface area contributed by atoms with E-state index in [-0.39, 0.29) is 17.0 Å². The van der Waals surface area contributed by atoms with Crippen LogP contribution in [0, 0.1) is 0 Å². The molecule has 0 bridgehead atoms. The molecule has 0 saturated carbocycles. The molecule has 1 unspecified atom stereocenters. The number of Topliss-reactive ketones (excluding diaryl/α,β-unsaturated/α-hetero) is 1. The molecular formula is C27H22F3NO4. The number of aliphatic hydroxyl groups is 1. The van der Waals surface area contributed by atoms with Crippen molar-refractivity contribution in [2.75, 3.05) is 12.0 Å². The first-order chi connectivity index (χ1) is 16.7. The molecule has 8 heteroatoms. The van der Waals surface area contributed by atoms with Crippen molar-refractivity contribution in [2.45, 2.75) is 25.6 Å². The molecule has 1 aliphatic heterocycles. The third kappa shape index (κ3) is 4.51. The van der Waals surface area contributed by atoms with Crippen LogP contribution in [0.4, 0.5) is 18.9 Å². The van der Waals surface area contributed by atoms with Crippen LogP contribution in [0.25, 0.3) is 5.76 Å². The van der Waals surface area contributed by atoms with Crippen LogP contribution >= 0.6 is 0 Å². The minimum Gasteiger partial charge on any atom is -0.507 e. The lowest BCUT2D eigenvalue weighted by Gasteiger charge is -2.26. The molecular weight excluding hydrogens is 459 g/mol. The summed E-state index contributed by atoms with van der Waals surface area (Å²) in [5.74, 6) is -1.81. The lowest BCUT2D eigenvalue weighted by molar-refractivity contribution is -0.137. The summed E-state index contributed by atoms with van der Waals surface area (Å²) in [7, 11) is 1.46. The number of alkyl halides is 3. The van der Waals surface area contributed by atoms with Gasteiger partial charge in [0.15, 0.2) is 0 Å². The number of nitrogens with zero attached hydrogens (tertiary/aromatic N) is 1. The van der Waals surface area contributed by atoms with Gasteiger partial charge in [0.1, 0.15) is 11.5 Å². The fourth-order valence-corrected chi connectivity index (χ4v) is 4.09. The molecule has 1 atom stereocenters. The number of rotatable bonds is 5. The van der Waals surface area contributed by atoms with Gasteiger partial charge < -0.3 is 9.84 Å². The fraction of sp³-hybridized carbons (Fsp3) is 0.185. The van der Waals surface area contributed by atoms with Gasteiger partial charge in [-0.1, -0.05) is 43.3 Å². The molecule has 35 heavy (non-hydrogen) atoms. The molecule has 1 amide bonds. The molecule has 0 radical (unpaired) electrons. The van der Waals surface area contributed by atoms with Crippen LogP contribution in [-0.2, 0) is 22.2 Å². The molecule has 5 nitrogen and oxygen atoms in total. The van der Waals surface area contributed by atoms with Gasteiger partial charge in [-0.15, -0.1) is 0 Å². The third-order valence-electron chi connectivity index (χ3n) is 5.96. The Balaban J connectivity index is 1.90. The fourth-order valence-electron chi connectivity index (χ4n) is 4.09. The van der Waals surface area contributed by atoms with Gasteiger partial charge in [-0.2, -0.15) is 13.2 Å². The Hall–Kier alpha value is -4.07. The number of ether oxygens (including phenoxy) is 1. The van der Waals surface area contributed by atoms with Gasteiger partial charge in [0, 0.05) is 11.3 Å². The summed E-state index contributed by atoms with van der Waals surface area (Å²) >= 11 is 0. The summed E-state index contributed by atoms with van der Waals surface area (Å²) in [5, 5.41) is 11.1. The summed E-state index contributed by atoms with van der Waals surface area (Å²) in [6, 6.07) is 16.4. The van der Waals surface area contributed by atoms with Crippen LogP contribution in [0.5, 0.6) is 5.75 Å². The molecule has 1 aliphatic rings. The Bertz CT molecular complexity index is 1300. The minimum absolute atomic E-state index is 0.0910. The quantitative estimate of drug-likeness (QED) is 0.280. The summed E-state index contributed by atoms with van der Waals surface area (Å²) in [4.78, 5) is 27.4. The molecule has 180 valence electrons. The highest BCUT2D eigenvalue weighted by Gasteiger charge is 2.47. The Morgan fingerprint density at radius 3 is 2.23 bits per heavy atom. The highest BCUT2D eigenvalue weighted by molar-refractivity contribution is 6.51. The van der Waals surface area contributed by atoms with Crippen LogP contribution in [0.3, 0.4) is 0 Å². The van der Waals surface area contributed by atoms with Crippen LogP contribution in [0.15, 0.2) is 78.4 Å². The van der Waals surface area contributed by atoms with Gasteiger partial charge in [-0.05, 0) is 53.9 Å². The number of hydrogen-bond acceptors (Lipinski definition) is 4. The molecule has 4 rings (SSSR count). The lowest BCUT2D eigenvalue weighted by Crippen LogP contribution is -2.29. The van der Waals surface area contributed by atoms with Crippen molar-refractivity contribution in [3.63, 3.8) is 0 Å². The number of carbonyl (C=O) groups is 2. The van der Waals surface area contributed by atoms with Gasteiger partial charge in [-0.25, -0.2) is 0 Å². The lowest BCUT2D eigenvalue weighted by atomic mass is 9.94. The molecule has 1 N–H and O–H groups in total. The van der Waals surface area contributed by atoms with E-state index in [4.69, 9.17) is 4.74 Å². The average Bonchev–Trinajstić information content (AvgIpc) is 3.13. The van der Waals surface area contributed by atoms with E-state index in [0.717, 1.165) is 41.1 Å². The zero-order valence-electron chi connectivity index (χ0n) is 19.0. The van der Waals surface area contributed by atoms with Crippen molar-refractivity contribution in [1.29, 1.82) is 0 Å². The number of amides is 1.